The zero-order valence-electron chi connectivity index (χ0n) is 11.3. The molecular weight excluding hydrogens is 274 g/mol. The van der Waals surface area contributed by atoms with Crippen molar-refractivity contribution in [2.45, 2.75) is 6.92 Å². The van der Waals surface area contributed by atoms with Gasteiger partial charge in [0, 0.05) is 29.4 Å². The summed E-state index contributed by atoms with van der Waals surface area (Å²) in [6, 6.07) is 11.2. The Morgan fingerprint density at radius 1 is 1.20 bits per heavy atom. The second kappa shape index (κ2) is 4.84. The summed E-state index contributed by atoms with van der Waals surface area (Å²) in [5.74, 6) is 0.539. The van der Waals surface area contributed by atoms with Gasteiger partial charge >= 0.3 is 0 Å². The van der Waals surface area contributed by atoms with Gasteiger partial charge in [0.2, 0.25) is 5.43 Å². The van der Waals surface area contributed by atoms with Crippen LogP contribution in [0.15, 0.2) is 41.2 Å². The van der Waals surface area contributed by atoms with Gasteiger partial charge in [-0.2, -0.15) is 0 Å². The van der Waals surface area contributed by atoms with Gasteiger partial charge in [-0.15, -0.1) is 0 Å². The second-order valence-electron chi connectivity index (χ2n) is 4.64. The maximum Gasteiger partial charge on any atom is 0.204 e. The molecule has 3 aromatic rings. The van der Waals surface area contributed by atoms with Crippen LogP contribution in [0.2, 0.25) is 5.02 Å². The lowest BCUT2D eigenvalue weighted by atomic mass is 10.2. The third-order valence-electron chi connectivity index (χ3n) is 3.45. The number of benzene rings is 1. The zero-order chi connectivity index (χ0) is 14.3. The van der Waals surface area contributed by atoms with E-state index >= 15 is 0 Å². The van der Waals surface area contributed by atoms with Crippen molar-refractivity contribution in [2.24, 2.45) is 7.05 Å². The van der Waals surface area contributed by atoms with Crippen LogP contribution in [0, 0.1) is 0 Å². The molecule has 0 bridgehead atoms. The normalized spacial score (nSPS) is 11.2. The van der Waals surface area contributed by atoms with Crippen LogP contribution in [0.5, 0.6) is 5.75 Å². The highest BCUT2D eigenvalue weighted by molar-refractivity contribution is 6.32. The van der Waals surface area contributed by atoms with E-state index in [9.17, 15) is 4.79 Å². The predicted octanol–water partition coefficient (Wildman–Crippen LogP) is 3.74. The van der Waals surface area contributed by atoms with E-state index in [1.54, 1.807) is 0 Å². The molecule has 0 N–H and O–H groups in total. The van der Waals surface area contributed by atoms with Gasteiger partial charge in [0.15, 0.2) is 0 Å². The van der Waals surface area contributed by atoms with Gasteiger partial charge < -0.3 is 9.30 Å². The fourth-order valence-corrected chi connectivity index (χ4v) is 2.80. The Balaban J connectivity index is 2.57. The lowest BCUT2D eigenvalue weighted by molar-refractivity contribution is 0.341. The first-order valence-electron chi connectivity index (χ1n) is 6.47. The predicted molar refractivity (Wildman–Crippen MR) is 82.9 cm³/mol. The number of fused-ring (bicyclic) bond motifs is 3. The van der Waals surface area contributed by atoms with E-state index in [0.29, 0.717) is 22.9 Å². The van der Waals surface area contributed by atoms with E-state index in [1.807, 2.05) is 48.9 Å². The molecule has 3 rings (SSSR count). The molecule has 1 aromatic heterocycles. The third-order valence-corrected chi connectivity index (χ3v) is 3.74. The van der Waals surface area contributed by atoms with E-state index in [1.165, 1.54) is 6.07 Å². The van der Waals surface area contributed by atoms with Crippen LogP contribution in [-0.2, 0) is 7.05 Å². The number of ether oxygens (including phenoxy) is 1. The van der Waals surface area contributed by atoms with Crippen molar-refractivity contribution in [3.63, 3.8) is 0 Å². The zero-order valence-corrected chi connectivity index (χ0v) is 12.1. The summed E-state index contributed by atoms with van der Waals surface area (Å²) in [6.07, 6.45) is 0. The molecule has 1 heterocycles. The highest BCUT2D eigenvalue weighted by atomic mass is 35.5. The third kappa shape index (κ3) is 1.86. The van der Waals surface area contributed by atoms with Crippen LogP contribution in [0.4, 0.5) is 0 Å². The average Bonchev–Trinajstić information content (AvgIpc) is 2.64. The van der Waals surface area contributed by atoms with Crippen LogP contribution in [-0.4, -0.2) is 11.2 Å². The molecule has 0 atom stereocenters. The summed E-state index contributed by atoms with van der Waals surface area (Å²) in [4.78, 5) is 12.4. The molecule has 0 aliphatic carbocycles. The van der Waals surface area contributed by atoms with E-state index < -0.39 is 0 Å². The van der Waals surface area contributed by atoms with Gasteiger partial charge in [0.05, 0.1) is 17.1 Å². The molecule has 0 aliphatic heterocycles. The molecule has 0 saturated carbocycles. The fourth-order valence-electron chi connectivity index (χ4n) is 2.59. The number of hydrogen-bond donors (Lipinski definition) is 0. The van der Waals surface area contributed by atoms with Crippen LogP contribution in [0.3, 0.4) is 0 Å². The van der Waals surface area contributed by atoms with E-state index in [2.05, 4.69) is 0 Å². The molecule has 4 heteroatoms. The van der Waals surface area contributed by atoms with Crippen molar-refractivity contribution in [3.05, 3.63) is 51.6 Å². The average molecular weight is 288 g/mol. The summed E-state index contributed by atoms with van der Waals surface area (Å²) in [6.45, 7) is 2.39. The smallest absolute Gasteiger partial charge is 0.204 e. The van der Waals surface area contributed by atoms with Crippen molar-refractivity contribution in [1.82, 2.24) is 4.57 Å². The monoisotopic (exact) mass is 287 g/mol. The minimum atomic E-state index is -0.102. The first-order valence-corrected chi connectivity index (χ1v) is 6.85. The molecule has 102 valence electrons. The van der Waals surface area contributed by atoms with Crippen molar-refractivity contribution in [2.75, 3.05) is 6.61 Å². The molecule has 0 amide bonds. The van der Waals surface area contributed by atoms with Crippen molar-refractivity contribution < 1.29 is 4.74 Å². The topological polar surface area (TPSA) is 31.2 Å². The Labute approximate surface area is 121 Å². The quantitative estimate of drug-likeness (QED) is 0.719. The largest absolute Gasteiger partial charge is 0.492 e. The summed E-state index contributed by atoms with van der Waals surface area (Å²) in [5.41, 5.74) is 1.55. The van der Waals surface area contributed by atoms with E-state index in [4.69, 9.17) is 16.3 Å². The highest BCUT2D eigenvalue weighted by Gasteiger charge is 2.12. The van der Waals surface area contributed by atoms with Gasteiger partial charge in [0.25, 0.3) is 0 Å². The Morgan fingerprint density at radius 2 is 1.95 bits per heavy atom. The van der Waals surface area contributed by atoms with Crippen LogP contribution in [0.25, 0.3) is 21.8 Å². The fraction of sp³-hybridized carbons (Fsp3) is 0.188. The minimum Gasteiger partial charge on any atom is -0.492 e. The number of aromatic nitrogens is 1. The molecule has 0 fully saturated rings. The highest BCUT2D eigenvalue weighted by Crippen LogP contribution is 2.31. The number of para-hydroxylation sites is 1. The summed E-state index contributed by atoms with van der Waals surface area (Å²) in [7, 11) is 1.89. The first-order chi connectivity index (χ1) is 9.63. The number of hydrogen-bond acceptors (Lipinski definition) is 2. The minimum absolute atomic E-state index is 0.102. The summed E-state index contributed by atoms with van der Waals surface area (Å²) < 4.78 is 7.44. The second-order valence-corrected chi connectivity index (χ2v) is 5.04. The first kappa shape index (κ1) is 13.0. The van der Waals surface area contributed by atoms with E-state index in [0.717, 1.165) is 16.3 Å². The number of rotatable bonds is 2. The lowest BCUT2D eigenvalue weighted by Gasteiger charge is -2.01. The molecule has 0 saturated heterocycles. The standard InChI is InChI=1S/C16H14ClNO2/c1-3-20-15-8-11-10-6-4-5-7-13(10)18(2)16(11)14(19)9-12(15)17/h4-9H,3H2,1-2H3. The maximum absolute atomic E-state index is 12.4. The van der Waals surface area contributed by atoms with E-state index in [-0.39, 0.29) is 5.43 Å². The molecule has 20 heavy (non-hydrogen) atoms. The summed E-state index contributed by atoms with van der Waals surface area (Å²) in [5, 5.41) is 2.23. The number of nitrogens with zero attached hydrogens (tertiary/aromatic N) is 1. The SMILES string of the molecule is CCOc1cc2c3ccccc3n(C)c2c(=O)cc1Cl. The maximum atomic E-state index is 12.4. The van der Waals surface area contributed by atoms with Gasteiger partial charge in [-0.25, -0.2) is 0 Å². The molecule has 3 nitrogen and oxygen atoms in total. The van der Waals surface area contributed by atoms with Gasteiger partial charge in [-0.3, -0.25) is 4.79 Å². The van der Waals surface area contributed by atoms with Gasteiger partial charge in [-0.05, 0) is 19.1 Å². The molecule has 0 spiro atoms. The Kier molecular flexibility index (Phi) is 3.14. The van der Waals surface area contributed by atoms with Crippen molar-refractivity contribution in [3.8, 4) is 5.75 Å². The Morgan fingerprint density at radius 3 is 2.70 bits per heavy atom. The van der Waals surface area contributed by atoms with Gasteiger partial charge in [-0.1, -0.05) is 29.8 Å². The Bertz CT molecular complexity index is 868. The molecule has 2 aromatic carbocycles. The van der Waals surface area contributed by atoms with Crippen LogP contribution >= 0.6 is 11.6 Å². The lowest BCUT2D eigenvalue weighted by Crippen LogP contribution is -2.01. The van der Waals surface area contributed by atoms with Crippen LogP contribution in [0.1, 0.15) is 6.92 Å². The van der Waals surface area contributed by atoms with Crippen molar-refractivity contribution in [1.29, 1.82) is 0 Å². The number of halogens is 1. The molecule has 0 radical (unpaired) electrons. The van der Waals surface area contributed by atoms with Gasteiger partial charge in [0.1, 0.15) is 5.75 Å². The number of aryl methyl sites for hydroxylation is 1. The molecule has 0 unspecified atom stereocenters. The molecular formula is C16H14ClNO2. The van der Waals surface area contributed by atoms with Crippen molar-refractivity contribution >= 4 is 33.4 Å². The van der Waals surface area contributed by atoms with Crippen LogP contribution < -0.4 is 10.2 Å². The molecule has 0 aliphatic rings. The summed E-state index contributed by atoms with van der Waals surface area (Å²) >= 11 is 6.15. The Hall–Kier alpha value is -2.00.